The summed E-state index contributed by atoms with van der Waals surface area (Å²) in [6.07, 6.45) is 4.68. The van der Waals surface area contributed by atoms with Crippen LogP contribution in [0.5, 0.6) is 0 Å². The largest absolute Gasteiger partial charge is 1.00 e. The van der Waals surface area contributed by atoms with Crippen molar-refractivity contribution in [3.8, 4) is 6.07 Å². The summed E-state index contributed by atoms with van der Waals surface area (Å²) >= 11 is 0. The smallest absolute Gasteiger partial charge is 0.548 e. The Bertz CT molecular complexity index is 678. The second-order valence-electron chi connectivity index (χ2n) is 4.76. The fourth-order valence-electron chi connectivity index (χ4n) is 2.57. The Kier molecular flexibility index (Phi) is 5.05. The van der Waals surface area contributed by atoms with Gasteiger partial charge in [0.15, 0.2) is 9.84 Å². The molecule has 2 saturated heterocycles. The Labute approximate surface area is 144 Å². The summed E-state index contributed by atoms with van der Waals surface area (Å²) in [5.41, 5.74) is 0. The minimum absolute atomic E-state index is 0. The normalized spacial score (nSPS) is 33.3. The SMILES string of the molecule is C[C@]1(/C=C/C=C\C#N)[C@H](C(=O)[O-])N2C(=O)C[C@H]2S1(=O)=O.[Na+]. The van der Waals surface area contributed by atoms with Crippen LogP contribution in [-0.4, -0.2) is 41.4 Å². The van der Waals surface area contributed by atoms with Crippen molar-refractivity contribution in [2.45, 2.75) is 29.5 Å². The first-order valence-corrected chi connectivity index (χ1v) is 7.31. The number of hydrogen-bond donors (Lipinski definition) is 0. The first-order chi connectivity index (χ1) is 9.27. The number of carboxylic acid groups (broad SMARTS) is 1. The standard InChI is InChI=1S/C12H12N2O5S.Na/c1-12(5-3-2-4-6-13)10(11(16)17)14-8(15)7-9(14)20(12,18)19;/h2-5,9-10H,7H2,1H3,(H,16,17);/q;+1/p-1/b4-2-,5-3+;/t9-,10+,12+;/m1./s1. The molecular formula is C12H11N2NaO5S. The molecule has 2 rings (SSSR count). The number of rotatable bonds is 3. The van der Waals surface area contributed by atoms with Crippen LogP contribution >= 0.6 is 0 Å². The number of sulfone groups is 1. The van der Waals surface area contributed by atoms with Crippen LogP contribution in [0.1, 0.15) is 13.3 Å². The van der Waals surface area contributed by atoms with Crippen molar-refractivity contribution in [1.29, 1.82) is 5.26 Å². The molecule has 0 spiro atoms. The monoisotopic (exact) mass is 318 g/mol. The summed E-state index contributed by atoms with van der Waals surface area (Å²) < 4.78 is 23.0. The maximum absolute atomic E-state index is 12.4. The number of carbonyl (C=O) groups excluding carboxylic acids is 2. The van der Waals surface area contributed by atoms with E-state index in [0.29, 0.717) is 0 Å². The van der Waals surface area contributed by atoms with Crippen molar-refractivity contribution < 1.29 is 52.7 Å². The third-order valence-corrected chi connectivity index (χ3v) is 6.37. The van der Waals surface area contributed by atoms with Crippen molar-refractivity contribution >= 4 is 21.7 Å². The van der Waals surface area contributed by atoms with Crippen LogP contribution in [0.25, 0.3) is 0 Å². The molecule has 7 nitrogen and oxygen atoms in total. The molecule has 1 amide bonds. The van der Waals surface area contributed by atoms with Crippen LogP contribution < -0.4 is 34.7 Å². The number of aliphatic carboxylic acids is 1. The van der Waals surface area contributed by atoms with Gasteiger partial charge in [0.25, 0.3) is 0 Å². The van der Waals surface area contributed by atoms with E-state index in [0.717, 1.165) is 11.0 Å². The van der Waals surface area contributed by atoms with Crippen LogP contribution in [-0.2, 0) is 19.4 Å². The van der Waals surface area contributed by atoms with E-state index < -0.39 is 37.9 Å². The van der Waals surface area contributed by atoms with Gasteiger partial charge in [-0.25, -0.2) is 8.42 Å². The van der Waals surface area contributed by atoms with E-state index in [-0.39, 0.29) is 36.0 Å². The van der Waals surface area contributed by atoms with E-state index in [9.17, 15) is 23.1 Å². The summed E-state index contributed by atoms with van der Waals surface area (Å²) in [5, 5.41) is 18.5. The van der Waals surface area contributed by atoms with Crippen molar-refractivity contribution in [2.24, 2.45) is 0 Å². The number of nitriles is 1. The van der Waals surface area contributed by atoms with Crippen LogP contribution in [0, 0.1) is 11.3 Å². The Balaban J connectivity index is 0.00000220. The molecule has 0 aromatic rings. The molecule has 0 aromatic carbocycles. The number of carbonyl (C=O) groups is 2. The second-order valence-corrected chi connectivity index (χ2v) is 7.27. The number of β-lactam (4-membered cyclic amide) rings is 1. The predicted molar refractivity (Wildman–Crippen MR) is 65.3 cm³/mol. The maximum Gasteiger partial charge on any atom is 1.00 e. The summed E-state index contributed by atoms with van der Waals surface area (Å²) in [6.45, 7) is 1.24. The Morgan fingerprint density at radius 2 is 2.14 bits per heavy atom. The molecular weight excluding hydrogens is 307 g/mol. The average Bonchev–Trinajstić information content (AvgIpc) is 2.49. The zero-order valence-corrected chi connectivity index (χ0v) is 14.3. The molecule has 0 unspecified atom stereocenters. The number of fused-ring (bicyclic) bond motifs is 1. The average molecular weight is 318 g/mol. The van der Waals surface area contributed by atoms with Gasteiger partial charge in [-0.05, 0) is 6.92 Å². The van der Waals surface area contributed by atoms with Gasteiger partial charge in [-0.1, -0.05) is 18.2 Å². The molecule has 106 valence electrons. The maximum atomic E-state index is 12.4. The van der Waals surface area contributed by atoms with Crippen LogP contribution in [0.2, 0.25) is 0 Å². The van der Waals surface area contributed by atoms with Gasteiger partial charge in [0, 0.05) is 6.08 Å². The van der Waals surface area contributed by atoms with E-state index in [4.69, 9.17) is 5.26 Å². The fourth-order valence-corrected chi connectivity index (χ4v) is 4.85. The van der Waals surface area contributed by atoms with Crippen molar-refractivity contribution in [1.82, 2.24) is 4.90 Å². The summed E-state index contributed by atoms with van der Waals surface area (Å²) in [4.78, 5) is 23.6. The van der Waals surface area contributed by atoms with Gasteiger partial charge < -0.3 is 14.8 Å². The minimum atomic E-state index is -3.86. The van der Waals surface area contributed by atoms with Gasteiger partial charge in [0.2, 0.25) is 5.91 Å². The molecule has 9 heteroatoms. The molecule has 0 aliphatic carbocycles. The van der Waals surface area contributed by atoms with E-state index in [1.165, 1.54) is 25.2 Å². The van der Waals surface area contributed by atoms with E-state index >= 15 is 0 Å². The summed E-state index contributed by atoms with van der Waals surface area (Å²) in [6, 6.07) is 0.172. The molecule has 0 radical (unpaired) electrons. The number of allylic oxidation sites excluding steroid dienone is 3. The Hall–Kier alpha value is -1.14. The van der Waals surface area contributed by atoms with Crippen molar-refractivity contribution in [2.75, 3.05) is 0 Å². The van der Waals surface area contributed by atoms with Gasteiger partial charge in [0.1, 0.15) is 10.1 Å². The first kappa shape index (κ1) is 17.9. The van der Waals surface area contributed by atoms with Crippen molar-refractivity contribution in [3.05, 3.63) is 24.3 Å². The predicted octanol–water partition coefficient (Wildman–Crippen LogP) is -4.51. The molecule has 3 atom stereocenters. The van der Waals surface area contributed by atoms with E-state index in [2.05, 4.69) is 0 Å². The molecule has 2 aliphatic heterocycles. The van der Waals surface area contributed by atoms with Crippen molar-refractivity contribution in [3.63, 3.8) is 0 Å². The third kappa shape index (κ3) is 2.44. The number of amides is 1. The zero-order valence-electron chi connectivity index (χ0n) is 11.5. The molecule has 2 heterocycles. The Morgan fingerprint density at radius 3 is 2.62 bits per heavy atom. The molecule has 0 N–H and O–H groups in total. The zero-order chi connectivity index (χ0) is 15.1. The number of nitrogens with zero attached hydrogens (tertiary/aromatic N) is 2. The molecule has 0 saturated carbocycles. The van der Waals surface area contributed by atoms with Crippen LogP contribution in [0.4, 0.5) is 0 Å². The van der Waals surface area contributed by atoms with Gasteiger partial charge in [-0.15, -0.1) is 0 Å². The summed E-state index contributed by atoms with van der Waals surface area (Å²) in [7, 11) is -3.86. The van der Waals surface area contributed by atoms with Gasteiger partial charge in [-0.3, -0.25) is 4.79 Å². The van der Waals surface area contributed by atoms with Gasteiger partial charge >= 0.3 is 29.6 Å². The minimum Gasteiger partial charge on any atom is -0.548 e. The van der Waals surface area contributed by atoms with E-state index in [1.807, 2.05) is 0 Å². The first-order valence-electron chi connectivity index (χ1n) is 5.77. The van der Waals surface area contributed by atoms with Gasteiger partial charge in [0.05, 0.1) is 24.5 Å². The third-order valence-electron chi connectivity index (χ3n) is 3.67. The molecule has 21 heavy (non-hydrogen) atoms. The number of hydrogen-bond acceptors (Lipinski definition) is 6. The quantitative estimate of drug-likeness (QED) is 0.224. The molecule has 2 aliphatic rings. The fraction of sp³-hybridized carbons (Fsp3) is 0.417. The molecule has 0 bridgehead atoms. The Morgan fingerprint density at radius 1 is 1.52 bits per heavy atom. The topological polar surface area (TPSA) is 118 Å². The molecule has 2 fully saturated rings. The van der Waals surface area contributed by atoms with Gasteiger partial charge in [-0.2, -0.15) is 5.26 Å². The summed E-state index contributed by atoms with van der Waals surface area (Å²) in [5.74, 6) is -2.13. The second kappa shape index (κ2) is 5.93. The van der Waals surface area contributed by atoms with Crippen LogP contribution in [0.15, 0.2) is 24.3 Å². The number of carboxylic acids is 1. The van der Waals surface area contributed by atoms with E-state index in [1.54, 1.807) is 6.07 Å². The van der Waals surface area contributed by atoms with Crippen LogP contribution in [0.3, 0.4) is 0 Å². The molecule has 0 aromatic heterocycles.